The van der Waals surface area contributed by atoms with Gasteiger partial charge in [-0.05, 0) is 74.4 Å². The number of aliphatic hydroxyl groups excluding tert-OH is 2. The number of amides is 2. The van der Waals surface area contributed by atoms with Gasteiger partial charge in [-0.25, -0.2) is 0 Å². The molecule has 0 unspecified atom stereocenters. The van der Waals surface area contributed by atoms with Gasteiger partial charge < -0.3 is 20.8 Å². The molecule has 0 bridgehead atoms. The zero-order valence-corrected chi connectivity index (χ0v) is 26.8. The second-order valence-corrected chi connectivity index (χ2v) is 14.1. The highest BCUT2D eigenvalue weighted by atomic mass is 35.5. The van der Waals surface area contributed by atoms with Crippen LogP contribution < -0.4 is 10.6 Å². The van der Waals surface area contributed by atoms with Crippen LogP contribution in [0.4, 0.5) is 0 Å². The minimum absolute atomic E-state index is 0.0698. The van der Waals surface area contributed by atoms with Gasteiger partial charge in [0.05, 0.1) is 18.2 Å². The first kappa shape index (κ1) is 33.3. The SMILES string of the molecule is CC(C)C[C@H](C[C@H](O)CN1CCN(Cc2cccnc2)C[C@H]1C(=O)NC(C)(C)C)C(=O)N[C@H]1c2cc(Cl)ccc2C[C@H]1O. The molecule has 1 aliphatic heterocycles. The van der Waals surface area contributed by atoms with E-state index in [1.165, 1.54) is 0 Å². The number of rotatable bonds is 11. The Balaban J connectivity index is 1.43. The van der Waals surface area contributed by atoms with Gasteiger partial charge in [-0.2, -0.15) is 0 Å². The molecule has 4 rings (SSSR count). The van der Waals surface area contributed by atoms with Crippen molar-refractivity contribution in [1.29, 1.82) is 0 Å². The molecule has 1 aromatic carbocycles. The Kier molecular flexibility index (Phi) is 11.2. The van der Waals surface area contributed by atoms with Crippen LogP contribution >= 0.6 is 11.6 Å². The first-order valence-electron chi connectivity index (χ1n) is 15.4. The molecule has 2 amide bonds. The fourth-order valence-electron chi connectivity index (χ4n) is 6.28. The first-order valence-corrected chi connectivity index (χ1v) is 15.8. The van der Waals surface area contributed by atoms with Gasteiger partial charge in [0.1, 0.15) is 6.04 Å². The van der Waals surface area contributed by atoms with Crippen LogP contribution in [-0.2, 0) is 22.6 Å². The third-order valence-electron chi connectivity index (χ3n) is 8.19. The van der Waals surface area contributed by atoms with Gasteiger partial charge >= 0.3 is 0 Å². The fourth-order valence-corrected chi connectivity index (χ4v) is 6.46. The lowest BCUT2D eigenvalue weighted by atomic mass is 9.90. The lowest BCUT2D eigenvalue weighted by Gasteiger charge is -2.42. The minimum Gasteiger partial charge on any atom is -0.392 e. The second-order valence-electron chi connectivity index (χ2n) is 13.7. The Labute approximate surface area is 261 Å². The van der Waals surface area contributed by atoms with Crippen molar-refractivity contribution in [3.63, 3.8) is 0 Å². The van der Waals surface area contributed by atoms with E-state index in [0.717, 1.165) is 23.2 Å². The van der Waals surface area contributed by atoms with Gasteiger partial charge in [-0.1, -0.05) is 37.6 Å². The number of fused-ring (bicyclic) bond motifs is 1. The number of β-amino-alcohol motifs (C(OH)–C–C–N with tert-alkyl or cyclic N) is 1. The number of pyridine rings is 1. The predicted octanol–water partition coefficient (Wildman–Crippen LogP) is 3.32. The Bertz CT molecular complexity index is 1240. The van der Waals surface area contributed by atoms with Crippen LogP contribution in [0.25, 0.3) is 0 Å². The zero-order valence-electron chi connectivity index (χ0n) is 26.1. The van der Waals surface area contributed by atoms with Crippen LogP contribution in [0.2, 0.25) is 5.02 Å². The third kappa shape index (κ3) is 9.46. The van der Waals surface area contributed by atoms with Crippen LogP contribution in [0.1, 0.15) is 70.2 Å². The summed E-state index contributed by atoms with van der Waals surface area (Å²) in [6, 6.07) is 8.47. The van der Waals surface area contributed by atoms with Crippen molar-refractivity contribution in [1.82, 2.24) is 25.4 Å². The summed E-state index contributed by atoms with van der Waals surface area (Å²) < 4.78 is 0. The summed E-state index contributed by atoms with van der Waals surface area (Å²) in [4.78, 5) is 35.6. The highest BCUT2D eigenvalue weighted by Crippen LogP contribution is 2.34. The zero-order chi connectivity index (χ0) is 31.3. The van der Waals surface area contributed by atoms with E-state index in [9.17, 15) is 19.8 Å². The second kappa shape index (κ2) is 14.5. The number of halogens is 1. The van der Waals surface area contributed by atoms with Crippen molar-refractivity contribution < 1.29 is 19.8 Å². The quantitative estimate of drug-likeness (QED) is 0.307. The number of nitrogens with one attached hydrogen (secondary N) is 2. The summed E-state index contributed by atoms with van der Waals surface area (Å²) in [5.41, 5.74) is 2.52. The number of carbonyl (C=O) groups is 2. The Hall–Kier alpha value is -2.56. The Morgan fingerprint density at radius 2 is 1.93 bits per heavy atom. The molecule has 1 fully saturated rings. The van der Waals surface area contributed by atoms with Gasteiger partial charge in [0.2, 0.25) is 11.8 Å². The molecule has 4 N–H and O–H groups in total. The maximum Gasteiger partial charge on any atom is 0.239 e. The normalized spacial score (nSPS) is 22.7. The van der Waals surface area contributed by atoms with Crippen molar-refractivity contribution in [2.45, 2.75) is 90.3 Å². The molecule has 2 heterocycles. The summed E-state index contributed by atoms with van der Waals surface area (Å²) in [5.74, 6) is -0.466. The van der Waals surface area contributed by atoms with Gasteiger partial charge in [0, 0.05) is 68.0 Å². The van der Waals surface area contributed by atoms with E-state index >= 15 is 0 Å². The van der Waals surface area contributed by atoms with E-state index < -0.39 is 30.2 Å². The molecule has 0 spiro atoms. The van der Waals surface area contributed by atoms with Crippen molar-refractivity contribution in [2.24, 2.45) is 11.8 Å². The fraction of sp³-hybridized carbons (Fsp3) is 0.606. The molecule has 5 atom stereocenters. The number of benzene rings is 1. The van der Waals surface area contributed by atoms with Gasteiger partial charge in [0.15, 0.2) is 0 Å². The maximum atomic E-state index is 13.6. The van der Waals surface area contributed by atoms with Crippen molar-refractivity contribution in [3.8, 4) is 0 Å². The van der Waals surface area contributed by atoms with E-state index in [2.05, 4.69) is 39.3 Å². The van der Waals surface area contributed by atoms with Gasteiger partial charge in [-0.3, -0.25) is 24.4 Å². The molecule has 1 aromatic heterocycles. The predicted molar refractivity (Wildman–Crippen MR) is 168 cm³/mol. The smallest absolute Gasteiger partial charge is 0.239 e. The van der Waals surface area contributed by atoms with Gasteiger partial charge in [-0.15, -0.1) is 0 Å². The van der Waals surface area contributed by atoms with Crippen molar-refractivity contribution in [2.75, 3.05) is 26.2 Å². The van der Waals surface area contributed by atoms with E-state index in [-0.39, 0.29) is 36.2 Å². The number of piperazine rings is 1. The largest absolute Gasteiger partial charge is 0.392 e. The first-order chi connectivity index (χ1) is 20.3. The number of aromatic nitrogens is 1. The minimum atomic E-state index is -0.806. The number of aliphatic hydroxyl groups is 2. The lowest BCUT2D eigenvalue weighted by Crippen LogP contribution is -2.61. The van der Waals surface area contributed by atoms with E-state index in [1.54, 1.807) is 18.3 Å². The molecule has 2 aliphatic rings. The number of carbonyl (C=O) groups excluding carboxylic acids is 2. The molecule has 1 aliphatic carbocycles. The van der Waals surface area contributed by atoms with Crippen molar-refractivity contribution in [3.05, 3.63) is 64.4 Å². The summed E-state index contributed by atoms with van der Waals surface area (Å²) in [7, 11) is 0. The molecule has 9 nitrogen and oxygen atoms in total. The number of nitrogens with zero attached hydrogens (tertiary/aromatic N) is 3. The van der Waals surface area contributed by atoms with Crippen LogP contribution in [0.5, 0.6) is 0 Å². The lowest BCUT2D eigenvalue weighted by molar-refractivity contribution is -0.132. The Morgan fingerprint density at radius 1 is 1.16 bits per heavy atom. The molecule has 43 heavy (non-hydrogen) atoms. The molecular weight excluding hydrogens is 566 g/mol. The standard InChI is InChI=1S/C33H48ClN5O4/c1-21(2)13-24(31(42)36-30-27-16-25(34)9-8-23(27)15-29(30)41)14-26(40)19-39-12-11-38(18-22-7-6-10-35-17-22)20-28(39)32(43)37-33(3,4)5/h6-10,16-17,21,24,26,28-30,40-41H,11-15,18-20H2,1-5H3,(H,36,42)(H,37,43)/t24-,26+,28+,29-,30+/m1/s1. The number of hydrogen-bond donors (Lipinski definition) is 4. The van der Waals surface area contributed by atoms with Crippen LogP contribution in [0, 0.1) is 11.8 Å². The highest BCUT2D eigenvalue weighted by molar-refractivity contribution is 6.30. The molecule has 0 radical (unpaired) electrons. The summed E-state index contributed by atoms with van der Waals surface area (Å²) >= 11 is 6.22. The van der Waals surface area contributed by atoms with Crippen LogP contribution in [0.15, 0.2) is 42.7 Å². The van der Waals surface area contributed by atoms with Crippen molar-refractivity contribution >= 4 is 23.4 Å². The van der Waals surface area contributed by atoms with E-state index in [0.29, 0.717) is 37.5 Å². The van der Waals surface area contributed by atoms with Crippen LogP contribution in [-0.4, -0.2) is 86.8 Å². The van der Waals surface area contributed by atoms with Crippen LogP contribution in [0.3, 0.4) is 0 Å². The monoisotopic (exact) mass is 613 g/mol. The molecule has 2 aromatic rings. The molecule has 236 valence electrons. The molecular formula is C33H48ClN5O4. The summed E-state index contributed by atoms with van der Waals surface area (Å²) in [6.45, 7) is 12.9. The molecule has 0 saturated carbocycles. The molecule has 10 heteroatoms. The number of hydrogen-bond acceptors (Lipinski definition) is 7. The highest BCUT2D eigenvalue weighted by Gasteiger charge is 2.37. The van der Waals surface area contributed by atoms with E-state index in [4.69, 9.17) is 11.6 Å². The maximum absolute atomic E-state index is 13.6. The van der Waals surface area contributed by atoms with Gasteiger partial charge in [0.25, 0.3) is 0 Å². The van der Waals surface area contributed by atoms with E-state index in [1.807, 2.05) is 45.2 Å². The summed E-state index contributed by atoms with van der Waals surface area (Å²) in [6.07, 6.45) is 3.38. The summed E-state index contributed by atoms with van der Waals surface area (Å²) in [5, 5.41) is 28.8. The topological polar surface area (TPSA) is 118 Å². The Morgan fingerprint density at radius 3 is 2.60 bits per heavy atom. The third-order valence-corrected chi connectivity index (χ3v) is 8.42. The average Bonchev–Trinajstić information content (AvgIpc) is 3.22. The molecule has 1 saturated heterocycles. The average molecular weight is 614 g/mol.